The van der Waals surface area contributed by atoms with Gasteiger partial charge in [0.1, 0.15) is 0 Å². The van der Waals surface area contributed by atoms with Crippen LogP contribution in [0.25, 0.3) is 0 Å². The lowest BCUT2D eigenvalue weighted by molar-refractivity contribution is -0.133. The van der Waals surface area contributed by atoms with Crippen LogP contribution in [0, 0.1) is 6.92 Å². The van der Waals surface area contributed by atoms with Gasteiger partial charge in [0.15, 0.2) is 6.61 Å². The normalized spacial score (nSPS) is 17.2. The van der Waals surface area contributed by atoms with Gasteiger partial charge in [0, 0.05) is 25.7 Å². The number of amides is 1. The predicted octanol–water partition coefficient (Wildman–Crippen LogP) is 2.92. The first-order chi connectivity index (χ1) is 14.2. The molecule has 164 valence electrons. The van der Waals surface area contributed by atoms with Gasteiger partial charge in [-0.2, -0.15) is 4.31 Å². The molecule has 0 aromatic heterocycles. The van der Waals surface area contributed by atoms with Gasteiger partial charge in [0.25, 0.3) is 5.91 Å². The maximum atomic E-state index is 13.1. The number of aryl methyl sites for hydroxylation is 1. The van der Waals surface area contributed by atoms with Crippen molar-refractivity contribution in [2.24, 2.45) is 0 Å². The van der Waals surface area contributed by atoms with Crippen molar-refractivity contribution in [2.45, 2.75) is 44.0 Å². The second-order valence-electron chi connectivity index (χ2n) is 7.39. The number of carbonyl (C=O) groups excluding carboxylic acids is 2. The summed E-state index contributed by atoms with van der Waals surface area (Å²) in [7, 11) is -3.72. The van der Waals surface area contributed by atoms with E-state index < -0.39 is 22.6 Å². The van der Waals surface area contributed by atoms with Gasteiger partial charge in [-0.15, -0.1) is 13.2 Å². The van der Waals surface area contributed by atoms with E-state index in [9.17, 15) is 18.0 Å². The average molecular weight is 435 g/mol. The van der Waals surface area contributed by atoms with Gasteiger partial charge in [-0.25, -0.2) is 13.2 Å². The van der Waals surface area contributed by atoms with Crippen LogP contribution >= 0.6 is 0 Å². The topological polar surface area (TPSA) is 84.0 Å². The molecule has 8 heteroatoms. The molecule has 1 aliphatic heterocycles. The summed E-state index contributed by atoms with van der Waals surface area (Å²) in [5.41, 5.74) is 0.708. The highest BCUT2D eigenvalue weighted by Gasteiger charge is 2.31. The van der Waals surface area contributed by atoms with Crippen LogP contribution in [0.4, 0.5) is 0 Å². The molecule has 1 atom stereocenters. The van der Waals surface area contributed by atoms with Crippen molar-refractivity contribution in [1.29, 1.82) is 0 Å². The molecule has 1 aromatic rings. The first kappa shape index (κ1) is 23.8. The fourth-order valence-electron chi connectivity index (χ4n) is 3.43. The van der Waals surface area contributed by atoms with Crippen molar-refractivity contribution in [3.63, 3.8) is 0 Å². The van der Waals surface area contributed by atoms with Gasteiger partial charge in [0.2, 0.25) is 10.0 Å². The van der Waals surface area contributed by atoms with E-state index >= 15 is 0 Å². The molecule has 1 fully saturated rings. The molecule has 0 spiro atoms. The molecule has 1 saturated heterocycles. The number of hydrogen-bond donors (Lipinski definition) is 0. The lowest BCUT2D eigenvalue weighted by atomic mass is 10.1. The summed E-state index contributed by atoms with van der Waals surface area (Å²) in [6.07, 6.45) is 5.78. The van der Waals surface area contributed by atoms with E-state index in [-0.39, 0.29) is 22.4 Å². The zero-order valence-corrected chi connectivity index (χ0v) is 18.5. The second-order valence-corrected chi connectivity index (χ2v) is 9.28. The van der Waals surface area contributed by atoms with Gasteiger partial charge < -0.3 is 9.64 Å². The third kappa shape index (κ3) is 5.58. The standard InChI is InChI=1S/C22H30N2O5S/c1-5-12-23(13-6-2)21(25)16-29-22(26)20-15-19(11-10-17(20)3)30(27,28)24-14-8-7-9-18(24)4/h5-6,10-11,15,18H,1-2,7-9,12-14,16H2,3-4H3. The molecule has 1 amide bonds. The molecular weight excluding hydrogens is 404 g/mol. The Morgan fingerprint density at radius 2 is 1.90 bits per heavy atom. The molecule has 0 bridgehead atoms. The number of rotatable bonds is 9. The second kappa shape index (κ2) is 10.5. The molecular formula is C22H30N2O5S. The number of nitrogens with zero attached hydrogens (tertiary/aromatic N) is 2. The van der Waals surface area contributed by atoms with Crippen molar-refractivity contribution in [3.8, 4) is 0 Å². The Hall–Kier alpha value is -2.45. The van der Waals surface area contributed by atoms with E-state index in [0.717, 1.165) is 19.3 Å². The highest BCUT2D eigenvalue weighted by molar-refractivity contribution is 7.89. The van der Waals surface area contributed by atoms with Crippen molar-refractivity contribution < 1.29 is 22.7 Å². The third-order valence-electron chi connectivity index (χ3n) is 5.16. The zero-order chi connectivity index (χ0) is 22.3. The van der Waals surface area contributed by atoms with Crippen LogP contribution in [0.15, 0.2) is 48.4 Å². The number of carbonyl (C=O) groups is 2. The van der Waals surface area contributed by atoms with Crippen LogP contribution in [0.5, 0.6) is 0 Å². The molecule has 1 unspecified atom stereocenters. The predicted molar refractivity (Wildman–Crippen MR) is 116 cm³/mol. The van der Waals surface area contributed by atoms with E-state index in [1.54, 1.807) is 25.1 Å². The summed E-state index contributed by atoms with van der Waals surface area (Å²) in [4.78, 5) is 26.3. The van der Waals surface area contributed by atoms with Crippen molar-refractivity contribution in [3.05, 3.63) is 54.6 Å². The SMILES string of the molecule is C=CCN(CC=C)C(=O)COC(=O)c1cc(S(=O)(=O)N2CCCCC2C)ccc1C. The van der Waals surface area contributed by atoms with Crippen molar-refractivity contribution in [2.75, 3.05) is 26.2 Å². The Morgan fingerprint density at radius 1 is 1.23 bits per heavy atom. The summed E-state index contributed by atoms with van der Waals surface area (Å²) in [5, 5.41) is 0. The molecule has 7 nitrogen and oxygen atoms in total. The Bertz CT molecular complexity index is 900. The molecule has 0 radical (unpaired) electrons. The van der Waals surface area contributed by atoms with Crippen LogP contribution in [0.2, 0.25) is 0 Å². The molecule has 0 aliphatic carbocycles. The number of hydrogen-bond acceptors (Lipinski definition) is 5. The highest BCUT2D eigenvalue weighted by Crippen LogP contribution is 2.26. The molecule has 0 saturated carbocycles. The molecule has 1 heterocycles. The van der Waals surface area contributed by atoms with Crippen LogP contribution in [-0.4, -0.2) is 61.8 Å². The van der Waals surface area contributed by atoms with Gasteiger partial charge in [-0.1, -0.05) is 24.6 Å². The zero-order valence-electron chi connectivity index (χ0n) is 17.7. The summed E-state index contributed by atoms with van der Waals surface area (Å²) >= 11 is 0. The van der Waals surface area contributed by atoms with Gasteiger partial charge >= 0.3 is 5.97 Å². The molecule has 1 aromatic carbocycles. The minimum atomic E-state index is -3.72. The van der Waals surface area contributed by atoms with Crippen LogP contribution < -0.4 is 0 Å². The van der Waals surface area contributed by atoms with E-state index in [0.29, 0.717) is 25.2 Å². The van der Waals surface area contributed by atoms with E-state index in [1.165, 1.54) is 21.3 Å². The molecule has 0 N–H and O–H groups in total. The summed E-state index contributed by atoms with van der Waals surface area (Å²) in [5.74, 6) is -1.12. The number of ether oxygens (including phenoxy) is 1. The monoisotopic (exact) mass is 434 g/mol. The minimum absolute atomic E-state index is 0.0556. The number of benzene rings is 1. The van der Waals surface area contributed by atoms with Crippen LogP contribution in [-0.2, 0) is 19.6 Å². The smallest absolute Gasteiger partial charge is 0.338 e. The first-order valence-corrected chi connectivity index (χ1v) is 11.5. The average Bonchev–Trinajstić information content (AvgIpc) is 2.72. The number of piperidine rings is 1. The molecule has 30 heavy (non-hydrogen) atoms. The fourth-order valence-corrected chi connectivity index (χ4v) is 5.16. The largest absolute Gasteiger partial charge is 0.452 e. The Labute approximate surface area is 179 Å². The third-order valence-corrected chi connectivity index (χ3v) is 7.17. The lowest BCUT2D eigenvalue weighted by Crippen LogP contribution is -2.42. The lowest BCUT2D eigenvalue weighted by Gasteiger charge is -2.32. The van der Waals surface area contributed by atoms with Crippen molar-refractivity contribution >= 4 is 21.9 Å². The Balaban J connectivity index is 2.18. The molecule has 1 aliphatic rings. The van der Waals surface area contributed by atoms with Gasteiger partial charge in [-0.05, 0) is 44.4 Å². The maximum Gasteiger partial charge on any atom is 0.338 e. The summed E-state index contributed by atoms with van der Waals surface area (Å²) < 4.78 is 32.8. The maximum absolute atomic E-state index is 13.1. The van der Waals surface area contributed by atoms with Gasteiger partial charge in [-0.3, -0.25) is 4.79 Å². The minimum Gasteiger partial charge on any atom is -0.452 e. The van der Waals surface area contributed by atoms with E-state index in [1.807, 2.05) is 6.92 Å². The first-order valence-electron chi connectivity index (χ1n) is 10.0. The van der Waals surface area contributed by atoms with E-state index in [2.05, 4.69) is 13.2 Å². The summed E-state index contributed by atoms with van der Waals surface area (Å²) in [6, 6.07) is 4.34. The quantitative estimate of drug-likeness (QED) is 0.441. The fraction of sp³-hybridized carbons (Fsp3) is 0.455. The highest BCUT2D eigenvalue weighted by atomic mass is 32.2. The summed E-state index contributed by atoms with van der Waals surface area (Å²) in [6.45, 7) is 11.4. The Morgan fingerprint density at radius 3 is 2.50 bits per heavy atom. The van der Waals surface area contributed by atoms with Crippen molar-refractivity contribution in [1.82, 2.24) is 9.21 Å². The van der Waals surface area contributed by atoms with Gasteiger partial charge in [0.05, 0.1) is 10.5 Å². The number of esters is 1. The van der Waals surface area contributed by atoms with E-state index in [4.69, 9.17) is 4.74 Å². The molecule has 2 rings (SSSR count). The van der Waals surface area contributed by atoms with Crippen LogP contribution in [0.3, 0.4) is 0 Å². The Kier molecular flexibility index (Phi) is 8.37. The number of sulfonamides is 1. The van der Waals surface area contributed by atoms with Crippen LogP contribution in [0.1, 0.15) is 42.1 Å².